The van der Waals surface area contributed by atoms with Gasteiger partial charge in [0.2, 0.25) is 0 Å². The van der Waals surface area contributed by atoms with Gasteiger partial charge in [0.05, 0.1) is 6.10 Å². The Hall–Kier alpha value is 0.550. The van der Waals surface area contributed by atoms with Crippen LogP contribution in [0.3, 0.4) is 0 Å². The highest BCUT2D eigenvalue weighted by atomic mass is 33.1. The van der Waals surface area contributed by atoms with Gasteiger partial charge in [-0.05, 0) is 0 Å². The first kappa shape index (κ1) is 10.6. The van der Waals surface area contributed by atoms with Gasteiger partial charge >= 0.3 is 0 Å². The second-order valence-corrected chi connectivity index (χ2v) is 5.45. The van der Waals surface area contributed by atoms with E-state index in [-0.39, 0.29) is 0 Å². The van der Waals surface area contributed by atoms with Crippen LogP contribution in [0.4, 0.5) is 4.39 Å². The van der Waals surface area contributed by atoms with Gasteiger partial charge in [0, 0.05) is 31.1 Å². The molecule has 0 spiro atoms. The number of β-amino-alcohol motifs (C(OH)–C–C–N with tert-alkyl or cyclic N) is 1. The summed E-state index contributed by atoms with van der Waals surface area (Å²) in [5.41, 5.74) is 0. The van der Waals surface area contributed by atoms with Crippen molar-refractivity contribution in [2.24, 2.45) is 0 Å². The van der Waals surface area contributed by atoms with Crippen molar-refractivity contribution in [3.05, 3.63) is 0 Å². The molecule has 1 atom stereocenters. The minimum atomic E-state index is -0.793. The highest BCUT2D eigenvalue weighted by molar-refractivity contribution is 8.76. The van der Waals surface area contributed by atoms with E-state index in [1.54, 1.807) is 0 Å². The Balaban J connectivity index is 2.20. The van der Waals surface area contributed by atoms with Crippen molar-refractivity contribution in [2.45, 2.75) is 6.10 Å². The Morgan fingerprint density at radius 3 is 2.42 bits per heavy atom. The van der Waals surface area contributed by atoms with Gasteiger partial charge in [-0.1, -0.05) is 21.6 Å². The zero-order valence-corrected chi connectivity index (χ0v) is 8.54. The van der Waals surface area contributed by atoms with E-state index in [4.69, 9.17) is 5.11 Å². The summed E-state index contributed by atoms with van der Waals surface area (Å²) in [6.07, 6.45) is -0.793. The van der Waals surface area contributed by atoms with Crippen molar-refractivity contribution >= 4 is 21.6 Å². The zero-order chi connectivity index (χ0) is 8.81. The molecule has 0 aromatic rings. The van der Waals surface area contributed by atoms with Crippen molar-refractivity contribution in [2.75, 3.05) is 37.8 Å². The van der Waals surface area contributed by atoms with Gasteiger partial charge in [0.25, 0.3) is 0 Å². The topological polar surface area (TPSA) is 23.5 Å². The van der Waals surface area contributed by atoms with Gasteiger partial charge in [0.1, 0.15) is 6.67 Å². The maximum absolute atomic E-state index is 12.0. The summed E-state index contributed by atoms with van der Waals surface area (Å²) >= 11 is 0. The van der Waals surface area contributed by atoms with Crippen molar-refractivity contribution in [3.8, 4) is 0 Å². The Bertz CT molecular complexity index is 120. The average Bonchev–Trinajstić information content (AvgIpc) is 2.33. The summed E-state index contributed by atoms with van der Waals surface area (Å²) < 4.78 is 12.0. The first-order valence-electron chi connectivity index (χ1n) is 4.03. The molecule has 72 valence electrons. The maximum Gasteiger partial charge on any atom is 0.117 e. The lowest BCUT2D eigenvalue weighted by atomic mass is 10.3. The van der Waals surface area contributed by atoms with Gasteiger partial charge in [-0.2, -0.15) is 0 Å². The number of rotatable bonds is 3. The number of hydrogen-bond acceptors (Lipinski definition) is 4. The quantitative estimate of drug-likeness (QED) is 0.704. The van der Waals surface area contributed by atoms with Gasteiger partial charge in [0.15, 0.2) is 0 Å². The monoisotopic (exact) mass is 211 g/mol. The fraction of sp³-hybridized carbons (Fsp3) is 1.00. The molecule has 0 amide bonds. The highest BCUT2D eigenvalue weighted by Crippen LogP contribution is 2.23. The smallest absolute Gasteiger partial charge is 0.117 e. The van der Waals surface area contributed by atoms with E-state index in [0.717, 1.165) is 24.6 Å². The minimum Gasteiger partial charge on any atom is -0.389 e. The van der Waals surface area contributed by atoms with Crippen LogP contribution < -0.4 is 0 Å². The molecule has 5 heteroatoms. The molecule has 0 bridgehead atoms. The number of aliphatic hydroxyl groups excluding tert-OH is 1. The number of hydrogen-bond donors (Lipinski definition) is 1. The second-order valence-electron chi connectivity index (χ2n) is 2.75. The molecule has 0 radical (unpaired) electrons. The first-order valence-corrected chi connectivity index (χ1v) is 6.52. The van der Waals surface area contributed by atoms with Gasteiger partial charge in [-0.3, -0.25) is 4.90 Å². The lowest BCUT2D eigenvalue weighted by Gasteiger charge is -2.20. The van der Waals surface area contributed by atoms with Gasteiger partial charge < -0.3 is 5.11 Å². The molecule has 1 aliphatic heterocycles. The van der Waals surface area contributed by atoms with E-state index in [9.17, 15) is 4.39 Å². The van der Waals surface area contributed by atoms with Crippen molar-refractivity contribution in [1.29, 1.82) is 0 Å². The van der Waals surface area contributed by atoms with Crippen LogP contribution in [-0.2, 0) is 0 Å². The number of nitrogens with zero attached hydrogens (tertiary/aromatic N) is 1. The maximum atomic E-state index is 12.0. The molecule has 1 aliphatic rings. The molecule has 12 heavy (non-hydrogen) atoms. The number of aliphatic hydroxyl groups is 1. The van der Waals surface area contributed by atoms with Crippen LogP contribution in [0, 0.1) is 0 Å². The van der Waals surface area contributed by atoms with Gasteiger partial charge in [-0.25, -0.2) is 4.39 Å². The van der Waals surface area contributed by atoms with Gasteiger partial charge in [-0.15, -0.1) is 0 Å². The molecule has 1 rings (SSSR count). The highest BCUT2D eigenvalue weighted by Gasteiger charge is 2.13. The summed E-state index contributed by atoms with van der Waals surface area (Å²) in [6, 6.07) is 0. The Kier molecular flexibility index (Phi) is 5.38. The van der Waals surface area contributed by atoms with E-state index in [1.807, 2.05) is 21.6 Å². The molecule has 1 N–H and O–H groups in total. The summed E-state index contributed by atoms with van der Waals surface area (Å²) in [5.74, 6) is 2.15. The predicted molar refractivity (Wildman–Crippen MR) is 53.3 cm³/mol. The Labute approximate surface area is 80.3 Å². The van der Waals surface area contributed by atoms with Crippen molar-refractivity contribution in [3.63, 3.8) is 0 Å². The molecule has 0 aromatic carbocycles. The summed E-state index contributed by atoms with van der Waals surface area (Å²) in [5, 5.41) is 9.07. The first-order chi connectivity index (χ1) is 5.83. The van der Waals surface area contributed by atoms with Crippen LogP contribution in [-0.4, -0.2) is 53.9 Å². The normalized spacial score (nSPS) is 23.5. The molecule has 1 heterocycles. The molecule has 0 aliphatic carbocycles. The molecule has 1 unspecified atom stereocenters. The third-order valence-electron chi connectivity index (χ3n) is 1.71. The predicted octanol–water partition coefficient (Wildman–Crippen LogP) is 1.01. The lowest BCUT2D eigenvalue weighted by Crippen LogP contribution is -2.35. The number of halogens is 1. The third kappa shape index (κ3) is 3.98. The van der Waals surface area contributed by atoms with Crippen LogP contribution in [0.2, 0.25) is 0 Å². The van der Waals surface area contributed by atoms with Crippen LogP contribution in [0.1, 0.15) is 0 Å². The lowest BCUT2D eigenvalue weighted by molar-refractivity contribution is 0.0952. The second kappa shape index (κ2) is 6.07. The van der Waals surface area contributed by atoms with E-state index < -0.39 is 12.8 Å². The van der Waals surface area contributed by atoms with Crippen molar-refractivity contribution < 1.29 is 9.50 Å². The standard InChI is InChI=1S/C7H14FNOS2/c8-5-7(10)6-9-1-3-11-12-4-2-9/h7,10H,1-6H2. The largest absolute Gasteiger partial charge is 0.389 e. The van der Waals surface area contributed by atoms with E-state index >= 15 is 0 Å². The third-order valence-corrected chi connectivity index (χ3v) is 4.08. The van der Waals surface area contributed by atoms with Crippen LogP contribution >= 0.6 is 21.6 Å². The molecular weight excluding hydrogens is 197 g/mol. The van der Waals surface area contributed by atoms with Crippen molar-refractivity contribution in [1.82, 2.24) is 4.90 Å². The number of alkyl halides is 1. The van der Waals surface area contributed by atoms with E-state index in [1.165, 1.54) is 0 Å². The van der Waals surface area contributed by atoms with Crippen LogP contribution in [0.15, 0.2) is 0 Å². The minimum absolute atomic E-state index is 0.484. The molecular formula is C7H14FNOS2. The van der Waals surface area contributed by atoms with Crippen LogP contribution in [0.25, 0.3) is 0 Å². The Morgan fingerprint density at radius 1 is 1.33 bits per heavy atom. The summed E-state index contributed by atoms with van der Waals surface area (Å²) in [7, 11) is 3.71. The summed E-state index contributed by atoms with van der Waals surface area (Å²) in [6.45, 7) is 1.79. The average molecular weight is 211 g/mol. The molecule has 0 aromatic heterocycles. The molecule has 2 nitrogen and oxygen atoms in total. The SMILES string of the molecule is OC(CF)CN1CCSSCC1. The van der Waals surface area contributed by atoms with Crippen LogP contribution in [0.5, 0.6) is 0 Å². The Morgan fingerprint density at radius 2 is 1.92 bits per heavy atom. The fourth-order valence-corrected chi connectivity index (χ4v) is 3.15. The molecule has 0 saturated carbocycles. The molecule has 1 saturated heterocycles. The fourth-order valence-electron chi connectivity index (χ4n) is 1.09. The summed E-state index contributed by atoms with van der Waals surface area (Å²) in [4.78, 5) is 2.12. The van der Waals surface area contributed by atoms with E-state index in [2.05, 4.69) is 4.90 Å². The zero-order valence-electron chi connectivity index (χ0n) is 6.91. The van der Waals surface area contributed by atoms with E-state index in [0.29, 0.717) is 6.54 Å². The molecule has 1 fully saturated rings.